The Balaban J connectivity index is 2.28. The molecule has 0 fully saturated rings. The number of rotatable bonds is 2. The first-order valence-electron chi connectivity index (χ1n) is 5.64. The summed E-state index contributed by atoms with van der Waals surface area (Å²) < 4.78 is 26.6. The fourth-order valence-corrected chi connectivity index (χ4v) is 1.62. The third kappa shape index (κ3) is 2.75. The van der Waals surface area contributed by atoms with Crippen LogP contribution in [0.4, 0.5) is 20.2 Å². The minimum Gasteiger partial charge on any atom is -0.396 e. The molecule has 1 amide bonds. The Morgan fingerprint density at radius 3 is 2.65 bits per heavy atom. The van der Waals surface area contributed by atoms with Crippen LogP contribution in [0.3, 0.4) is 0 Å². The number of nitrogens with two attached hydrogens (primary N) is 1. The number of amides is 1. The average Bonchev–Trinajstić information content (AvgIpc) is 2.43. The maximum absolute atomic E-state index is 13.5. The Kier molecular flexibility index (Phi) is 3.67. The summed E-state index contributed by atoms with van der Waals surface area (Å²) in [4.78, 5) is 11.9. The Labute approximate surface area is 114 Å². The van der Waals surface area contributed by atoms with Gasteiger partial charge in [0.25, 0.3) is 5.91 Å². The van der Waals surface area contributed by atoms with Crippen LogP contribution in [-0.2, 0) is 0 Å². The van der Waals surface area contributed by atoms with Gasteiger partial charge in [-0.05, 0) is 24.3 Å². The van der Waals surface area contributed by atoms with Crippen LogP contribution < -0.4 is 11.1 Å². The van der Waals surface area contributed by atoms with Gasteiger partial charge in [-0.3, -0.25) is 4.79 Å². The number of carbonyl (C=O) groups is 1. The lowest BCUT2D eigenvalue weighted by Crippen LogP contribution is -2.14. The molecular formula is C15H10F2N2O. The van der Waals surface area contributed by atoms with Crippen LogP contribution in [0.1, 0.15) is 15.9 Å². The molecule has 0 heterocycles. The molecule has 0 aromatic heterocycles. The largest absolute Gasteiger partial charge is 0.396 e. The van der Waals surface area contributed by atoms with E-state index in [0.717, 1.165) is 6.07 Å². The number of terminal acetylenes is 1. The summed E-state index contributed by atoms with van der Waals surface area (Å²) in [5.41, 5.74) is 5.66. The first-order chi connectivity index (χ1) is 9.51. The zero-order chi connectivity index (χ0) is 14.7. The fraction of sp³-hybridized carbons (Fsp3) is 0. The van der Waals surface area contributed by atoms with Gasteiger partial charge in [-0.1, -0.05) is 12.0 Å². The molecule has 2 aromatic carbocycles. The van der Waals surface area contributed by atoms with E-state index in [2.05, 4.69) is 11.2 Å². The molecule has 2 aromatic rings. The molecule has 0 bridgehead atoms. The zero-order valence-corrected chi connectivity index (χ0v) is 10.3. The number of hydrogen-bond acceptors (Lipinski definition) is 2. The smallest absolute Gasteiger partial charge is 0.258 e. The van der Waals surface area contributed by atoms with E-state index in [0.29, 0.717) is 17.3 Å². The van der Waals surface area contributed by atoms with Crippen molar-refractivity contribution in [1.29, 1.82) is 0 Å². The van der Waals surface area contributed by atoms with Crippen molar-refractivity contribution in [2.24, 2.45) is 0 Å². The number of hydrogen-bond donors (Lipinski definition) is 2. The van der Waals surface area contributed by atoms with Crippen LogP contribution in [0.5, 0.6) is 0 Å². The third-order valence-electron chi connectivity index (χ3n) is 2.62. The molecular weight excluding hydrogens is 262 g/mol. The summed E-state index contributed by atoms with van der Waals surface area (Å²) in [5.74, 6) is -0.213. The van der Waals surface area contributed by atoms with Crippen LogP contribution >= 0.6 is 0 Å². The molecule has 0 aliphatic carbocycles. The molecule has 0 atom stereocenters. The van der Waals surface area contributed by atoms with E-state index in [1.165, 1.54) is 0 Å². The highest BCUT2D eigenvalue weighted by Crippen LogP contribution is 2.18. The Bertz CT molecular complexity index is 720. The maximum atomic E-state index is 13.5. The van der Waals surface area contributed by atoms with Crippen molar-refractivity contribution in [2.75, 3.05) is 11.1 Å². The van der Waals surface area contributed by atoms with Crippen molar-refractivity contribution in [3.05, 3.63) is 59.2 Å². The van der Waals surface area contributed by atoms with Gasteiger partial charge >= 0.3 is 0 Å². The average molecular weight is 272 g/mol. The number of halogens is 2. The van der Waals surface area contributed by atoms with E-state index in [-0.39, 0.29) is 11.3 Å². The molecule has 0 radical (unpaired) electrons. The minimum absolute atomic E-state index is 0.297. The summed E-state index contributed by atoms with van der Waals surface area (Å²) in [5, 5.41) is 2.47. The summed E-state index contributed by atoms with van der Waals surface area (Å²) >= 11 is 0. The summed E-state index contributed by atoms with van der Waals surface area (Å²) in [6.07, 6.45) is 5.24. The predicted molar refractivity (Wildman–Crippen MR) is 73.1 cm³/mol. The third-order valence-corrected chi connectivity index (χ3v) is 2.62. The second-order valence-corrected chi connectivity index (χ2v) is 4.03. The second kappa shape index (κ2) is 5.41. The normalized spacial score (nSPS) is 9.85. The number of nitrogen functional groups attached to an aromatic ring is 1. The number of nitrogens with one attached hydrogen (secondary N) is 1. The molecule has 3 nitrogen and oxygen atoms in total. The highest BCUT2D eigenvalue weighted by atomic mass is 19.1. The van der Waals surface area contributed by atoms with Crippen molar-refractivity contribution in [3.8, 4) is 12.3 Å². The molecule has 0 spiro atoms. The monoisotopic (exact) mass is 272 g/mol. The van der Waals surface area contributed by atoms with Gasteiger partial charge in [0.15, 0.2) is 0 Å². The minimum atomic E-state index is -0.984. The highest BCUT2D eigenvalue weighted by Gasteiger charge is 2.15. The Hall–Kier alpha value is -2.87. The molecule has 0 saturated heterocycles. The number of anilines is 2. The number of carbonyl (C=O) groups excluding carboxylic acids is 1. The molecule has 0 aliphatic heterocycles. The molecule has 0 aliphatic rings. The number of benzene rings is 2. The van der Waals surface area contributed by atoms with Crippen molar-refractivity contribution in [1.82, 2.24) is 0 Å². The molecule has 20 heavy (non-hydrogen) atoms. The zero-order valence-electron chi connectivity index (χ0n) is 10.3. The van der Waals surface area contributed by atoms with Crippen molar-refractivity contribution >= 4 is 17.3 Å². The van der Waals surface area contributed by atoms with E-state index in [4.69, 9.17) is 12.2 Å². The summed E-state index contributed by atoms with van der Waals surface area (Å²) in [6, 6.07) is 8.02. The van der Waals surface area contributed by atoms with Crippen molar-refractivity contribution in [2.45, 2.75) is 0 Å². The van der Waals surface area contributed by atoms with Crippen LogP contribution in [0, 0.1) is 24.0 Å². The van der Waals surface area contributed by atoms with Gasteiger partial charge in [0.2, 0.25) is 0 Å². The van der Waals surface area contributed by atoms with E-state index in [9.17, 15) is 13.6 Å². The van der Waals surface area contributed by atoms with Crippen molar-refractivity contribution in [3.63, 3.8) is 0 Å². The van der Waals surface area contributed by atoms with Gasteiger partial charge in [-0.15, -0.1) is 6.42 Å². The van der Waals surface area contributed by atoms with E-state index in [1.54, 1.807) is 24.3 Å². The standard InChI is InChI=1S/C15H10F2N2O/c1-2-9-4-3-5-10(6-9)19-15(20)11-7-14(18)13(17)8-12(11)16/h1,3-8H,18H2,(H,19,20). The van der Waals surface area contributed by atoms with Crippen LogP contribution in [0.15, 0.2) is 36.4 Å². The van der Waals surface area contributed by atoms with Crippen LogP contribution in [0.25, 0.3) is 0 Å². The molecule has 100 valence electrons. The van der Waals surface area contributed by atoms with E-state index < -0.39 is 17.5 Å². The predicted octanol–water partition coefficient (Wildman–Crippen LogP) is 2.78. The van der Waals surface area contributed by atoms with Crippen LogP contribution in [0.2, 0.25) is 0 Å². The first kappa shape index (κ1) is 13.6. The quantitative estimate of drug-likeness (QED) is 0.652. The topological polar surface area (TPSA) is 55.1 Å². The van der Waals surface area contributed by atoms with Gasteiger partial charge in [0.1, 0.15) is 11.6 Å². The molecule has 0 saturated carbocycles. The van der Waals surface area contributed by atoms with Gasteiger partial charge in [0.05, 0.1) is 11.3 Å². The first-order valence-corrected chi connectivity index (χ1v) is 5.64. The van der Waals surface area contributed by atoms with Gasteiger partial charge in [-0.2, -0.15) is 0 Å². The van der Waals surface area contributed by atoms with Gasteiger partial charge < -0.3 is 11.1 Å². The summed E-state index contributed by atoms with van der Waals surface area (Å²) in [6.45, 7) is 0. The fourth-order valence-electron chi connectivity index (χ4n) is 1.62. The Morgan fingerprint density at radius 2 is 1.95 bits per heavy atom. The second-order valence-electron chi connectivity index (χ2n) is 4.03. The van der Waals surface area contributed by atoms with E-state index >= 15 is 0 Å². The summed E-state index contributed by atoms with van der Waals surface area (Å²) in [7, 11) is 0. The maximum Gasteiger partial charge on any atom is 0.258 e. The Morgan fingerprint density at radius 1 is 1.20 bits per heavy atom. The van der Waals surface area contributed by atoms with Gasteiger partial charge in [-0.25, -0.2) is 8.78 Å². The van der Waals surface area contributed by atoms with Gasteiger partial charge in [0, 0.05) is 17.3 Å². The van der Waals surface area contributed by atoms with Crippen molar-refractivity contribution < 1.29 is 13.6 Å². The lowest BCUT2D eigenvalue weighted by molar-refractivity contribution is 0.102. The molecule has 2 rings (SSSR count). The SMILES string of the molecule is C#Cc1cccc(NC(=O)c2cc(N)c(F)cc2F)c1. The highest BCUT2D eigenvalue weighted by molar-refractivity contribution is 6.05. The lowest BCUT2D eigenvalue weighted by Gasteiger charge is -2.08. The van der Waals surface area contributed by atoms with E-state index in [1.807, 2.05) is 0 Å². The molecule has 5 heteroatoms. The molecule has 0 unspecified atom stereocenters. The lowest BCUT2D eigenvalue weighted by atomic mass is 10.1. The van der Waals surface area contributed by atoms with Crippen LogP contribution in [-0.4, -0.2) is 5.91 Å². The molecule has 3 N–H and O–H groups in total.